The Balaban J connectivity index is 0.000000171. The normalized spacial score (nSPS) is 10.8. The average molecular weight is 438 g/mol. The zero-order valence-corrected chi connectivity index (χ0v) is 19.8. The van der Waals surface area contributed by atoms with E-state index in [0.29, 0.717) is 0 Å². The van der Waals surface area contributed by atoms with Crippen LogP contribution in [0.25, 0.3) is 10.8 Å². The van der Waals surface area contributed by atoms with Gasteiger partial charge in [-0.15, -0.1) is 36.1 Å². The fraction of sp³-hybridized carbons (Fsp3) is 0.133. The van der Waals surface area contributed by atoms with Gasteiger partial charge in [0.15, 0.2) is 0 Å². The molecule has 1 aliphatic rings. The van der Waals surface area contributed by atoms with Crippen LogP contribution >= 0.6 is 0 Å². The molecule has 0 aromatic heterocycles. The van der Waals surface area contributed by atoms with Crippen molar-refractivity contribution >= 4 is 15.1 Å². The van der Waals surface area contributed by atoms with Crippen LogP contribution in [0.2, 0.25) is 0 Å². The first kappa shape index (κ1) is 24.6. The minimum Gasteiger partial charge on any atom is -0.273 e. The number of hydrogen-bond donors (Lipinski definition) is 0. The van der Waals surface area contributed by atoms with E-state index in [1.807, 2.05) is 43.4 Å². The minimum absolute atomic E-state index is 1.01. The summed E-state index contributed by atoms with van der Waals surface area (Å²) in [5.41, 5.74) is 2.83. The maximum atomic E-state index is 2.99. The van der Waals surface area contributed by atoms with Crippen molar-refractivity contribution in [3.05, 3.63) is 139 Å². The SMILES string of the molecule is C[CH]=[Ti+2].[C-]1=CC=CC1.c1ccc(CCc2ccccc2)cc1.c1ccc2[cH-]ccc2c1. The van der Waals surface area contributed by atoms with Gasteiger partial charge in [0.05, 0.1) is 0 Å². The summed E-state index contributed by atoms with van der Waals surface area (Å²) in [6.45, 7) is 2.00. The zero-order valence-electron chi connectivity index (χ0n) is 18.2. The summed E-state index contributed by atoms with van der Waals surface area (Å²) in [6, 6.07) is 35.9. The molecule has 0 spiro atoms. The largest absolute Gasteiger partial charge is 0.273 e. The Hall–Kier alpha value is -2.67. The topological polar surface area (TPSA) is 0 Å². The first-order valence-corrected chi connectivity index (χ1v) is 11.6. The molecule has 4 aromatic carbocycles. The van der Waals surface area contributed by atoms with Crippen LogP contribution < -0.4 is 0 Å². The molecule has 4 aromatic rings. The molecule has 0 saturated heterocycles. The van der Waals surface area contributed by atoms with Gasteiger partial charge in [0.1, 0.15) is 0 Å². The number of allylic oxidation sites excluding steroid dienone is 4. The predicted molar refractivity (Wildman–Crippen MR) is 133 cm³/mol. The third-order valence-corrected chi connectivity index (χ3v) is 4.52. The summed E-state index contributed by atoms with van der Waals surface area (Å²) >= 11 is 2.00. The third kappa shape index (κ3) is 10.8. The molecule has 0 aliphatic heterocycles. The molecule has 1 aliphatic carbocycles. The molecule has 1 heteroatoms. The molecule has 0 heterocycles. The zero-order chi connectivity index (χ0) is 22.0. The van der Waals surface area contributed by atoms with E-state index in [-0.39, 0.29) is 0 Å². The smallest absolute Gasteiger partial charge is 0.0238 e. The van der Waals surface area contributed by atoms with Gasteiger partial charge in [-0.25, -0.2) is 12.2 Å². The van der Waals surface area contributed by atoms with E-state index in [2.05, 4.69) is 115 Å². The molecule has 0 saturated carbocycles. The Morgan fingerprint density at radius 3 is 1.81 bits per heavy atom. The molecular weight excluding hydrogens is 408 g/mol. The molecular formula is C30H30Ti. The molecule has 0 nitrogen and oxygen atoms in total. The van der Waals surface area contributed by atoms with Gasteiger partial charge >= 0.3 is 31.2 Å². The first-order chi connectivity index (χ1) is 15.3. The Labute approximate surface area is 199 Å². The van der Waals surface area contributed by atoms with Crippen LogP contribution in [0.1, 0.15) is 24.5 Å². The number of hydrogen-bond acceptors (Lipinski definition) is 0. The molecule has 5 rings (SSSR count). The van der Waals surface area contributed by atoms with Crippen molar-refractivity contribution in [3.63, 3.8) is 0 Å². The number of aryl methyl sites for hydroxylation is 2. The van der Waals surface area contributed by atoms with Gasteiger partial charge in [-0.1, -0.05) is 66.7 Å². The van der Waals surface area contributed by atoms with E-state index in [4.69, 9.17) is 0 Å². The van der Waals surface area contributed by atoms with E-state index in [1.165, 1.54) is 21.9 Å². The Kier molecular flexibility index (Phi) is 12.8. The standard InChI is InChI=1S/C14H14.C9H7.C5H5.C2H4.Ti/c1-3-7-13(8-4-1)11-12-14-9-5-2-6-10-14;1-2-5-9-7-3-6-8(9)4-1;1-2-4-5-3-1;1-2;/h1-10H,11-12H2;1-7H;1-3H,4H2;1H,2H3;/q;2*-1;;+2. The van der Waals surface area contributed by atoms with Crippen LogP contribution in [0.3, 0.4) is 0 Å². The second kappa shape index (κ2) is 16.1. The second-order valence-electron chi connectivity index (χ2n) is 6.92. The van der Waals surface area contributed by atoms with Gasteiger partial charge in [0.25, 0.3) is 0 Å². The van der Waals surface area contributed by atoms with Gasteiger partial charge in [-0.2, -0.15) is 23.6 Å². The quantitative estimate of drug-likeness (QED) is 0.227. The van der Waals surface area contributed by atoms with Crippen LogP contribution in [0.15, 0.2) is 121 Å². The fourth-order valence-electron chi connectivity index (χ4n) is 2.99. The third-order valence-electron chi connectivity index (χ3n) is 4.52. The predicted octanol–water partition coefficient (Wildman–Crippen LogP) is 7.69. The number of benzene rings is 3. The van der Waals surface area contributed by atoms with E-state index < -0.39 is 0 Å². The summed E-state index contributed by atoms with van der Waals surface area (Å²) in [5.74, 6) is 0. The molecule has 0 fully saturated rings. The van der Waals surface area contributed by atoms with Gasteiger partial charge in [-0.05, 0) is 24.0 Å². The van der Waals surface area contributed by atoms with Crippen LogP contribution in [0.5, 0.6) is 0 Å². The maximum Gasteiger partial charge on any atom is -0.0238 e. The fourth-order valence-corrected chi connectivity index (χ4v) is 2.99. The van der Waals surface area contributed by atoms with E-state index in [0.717, 1.165) is 19.3 Å². The Bertz CT molecular complexity index is 944. The van der Waals surface area contributed by atoms with Crippen molar-refractivity contribution in [2.24, 2.45) is 0 Å². The van der Waals surface area contributed by atoms with Crippen LogP contribution in [-0.2, 0) is 32.8 Å². The van der Waals surface area contributed by atoms with Crippen molar-refractivity contribution in [1.82, 2.24) is 0 Å². The number of rotatable bonds is 3. The summed E-state index contributed by atoms with van der Waals surface area (Å²) < 4.78 is 2.00. The van der Waals surface area contributed by atoms with Gasteiger partial charge < -0.3 is 0 Å². The summed E-state index contributed by atoms with van der Waals surface area (Å²) in [7, 11) is 0. The maximum absolute atomic E-state index is 2.99. The van der Waals surface area contributed by atoms with E-state index >= 15 is 0 Å². The number of fused-ring (bicyclic) bond motifs is 1. The van der Waals surface area contributed by atoms with Gasteiger partial charge in [-0.3, -0.25) is 6.08 Å². The molecule has 0 unspecified atom stereocenters. The molecule has 154 valence electrons. The monoisotopic (exact) mass is 438 g/mol. The van der Waals surface area contributed by atoms with Crippen LogP contribution in [0.4, 0.5) is 0 Å². The van der Waals surface area contributed by atoms with Crippen LogP contribution in [-0.4, -0.2) is 4.31 Å². The van der Waals surface area contributed by atoms with Crippen molar-refractivity contribution in [2.45, 2.75) is 26.2 Å². The van der Waals surface area contributed by atoms with Crippen molar-refractivity contribution in [1.29, 1.82) is 0 Å². The van der Waals surface area contributed by atoms with Crippen molar-refractivity contribution in [3.8, 4) is 0 Å². The Morgan fingerprint density at radius 1 is 0.806 bits per heavy atom. The van der Waals surface area contributed by atoms with E-state index in [9.17, 15) is 0 Å². The van der Waals surface area contributed by atoms with Crippen molar-refractivity contribution in [2.75, 3.05) is 0 Å². The molecule has 0 amide bonds. The summed E-state index contributed by atoms with van der Waals surface area (Å²) in [6.07, 6.45) is 12.3. The molecule has 0 atom stereocenters. The van der Waals surface area contributed by atoms with Crippen molar-refractivity contribution < 1.29 is 20.0 Å². The van der Waals surface area contributed by atoms with Gasteiger partial charge in [0, 0.05) is 0 Å². The molecule has 0 N–H and O–H groups in total. The second-order valence-corrected chi connectivity index (χ2v) is 7.82. The van der Waals surface area contributed by atoms with Crippen LogP contribution in [0, 0.1) is 6.08 Å². The molecule has 0 radical (unpaired) electrons. The average Bonchev–Trinajstić information content (AvgIpc) is 3.55. The summed E-state index contributed by atoms with van der Waals surface area (Å²) in [5, 5.41) is 2.66. The molecule has 0 bridgehead atoms. The summed E-state index contributed by atoms with van der Waals surface area (Å²) in [4.78, 5) is 0. The van der Waals surface area contributed by atoms with Gasteiger partial charge in [0.2, 0.25) is 0 Å². The Morgan fingerprint density at radius 2 is 1.35 bits per heavy atom. The minimum atomic E-state index is 1.01. The van der Waals surface area contributed by atoms with E-state index in [1.54, 1.807) is 0 Å². The molecule has 31 heavy (non-hydrogen) atoms. The first-order valence-electron chi connectivity index (χ1n) is 10.7.